The molecule has 0 saturated heterocycles. The number of hydrogen-bond donors (Lipinski definition) is 0. The predicted octanol–water partition coefficient (Wildman–Crippen LogP) is 12.8. The summed E-state index contributed by atoms with van der Waals surface area (Å²) in [6, 6.07) is 47.0. The Kier molecular flexibility index (Phi) is 9.22. The van der Waals surface area contributed by atoms with Crippen LogP contribution >= 0.6 is 0 Å². The highest BCUT2D eigenvalue weighted by molar-refractivity contribution is 5.88. The molecule has 0 aliphatic heterocycles. The van der Waals surface area contributed by atoms with Gasteiger partial charge in [0.25, 0.3) is 0 Å². The average molecular weight is 600 g/mol. The summed E-state index contributed by atoms with van der Waals surface area (Å²) >= 11 is 0. The second kappa shape index (κ2) is 13.6. The Balaban J connectivity index is 1.62. The molecule has 0 saturated carbocycles. The van der Waals surface area contributed by atoms with Crippen LogP contribution in [0.3, 0.4) is 0 Å². The van der Waals surface area contributed by atoms with Crippen molar-refractivity contribution in [1.29, 1.82) is 0 Å². The Hall–Kier alpha value is -4.88. The lowest BCUT2D eigenvalue weighted by molar-refractivity contribution is 1.10. The van der Waals surface area contributed by atoms with Gasteiger partial charge in [0.2, 0.25) is 0 Å². The summed E-state index contributed by atoms with van der Waals surface area (Å²) in [4.78, 5) is 2.55. The quantitative estimate of drug-likeness (QED) is 0.160. The summed E-state index contributed by atoms with van der Waals surface area (Å²) in [5, 5.41) is 0. The first-order valence-corrected chi connectivity index (χ1v) is 16.8. The number of anilines is 3. The van der Waals surface area contributed by atoms with E-state index >= 15 is 0 Å². The minimum atomic E-state index is 0.962. The van der Waals surface area contributed by atoms with E-state index in [-0.39, 0.29) is 0 Å². The van der Waals surface area contributed by atoms with Crippen LogP contribution in [0, 0.1) is 20.8 Å². The molecule has 0 aromatic heterocycles. The van der Waals surface area contributed by atoms with Crippen molar-refractivity contribution in [3.63, 3.8) is 0 Å². The molecule has 6 aromatic carbocycles. The largest absolute Gasteiger partial charge is 0.310 e. The lowest BCUT2D eigenvalue weighted by atomic mass is 9.91. The lowest BCUT2D eigenvalue weighted by Crippen LogP contribution is -2.16. The summed E-state index contributed by atoms with van der Waals surface area (Å²) in [6.07, 6.45) is 2.89. The van der Waals surface area contributed by atoms with Crippen LogP contribution in [0.15, 0.2) is 127 Å². The van der Waals surface area contributed by atoms with Gasteiger partial charge in [-0.2, -0.15) is 0 Å². The van der Waals surface area contributed by atoms with Crippen molar-refractivity contribution in [2.75, 3.05) is 4.90 Å². The van der Waals surface area contributed by atoms with Gasteiger partial charge in [0.1, 0.15) is 0 Å². The number of benzene rings is 6. The first-order chi connectivity index (χ1) is 22.4. The van der Waals surface area contributed by atoms with Gasteiger partial charge in [0.05, 0.1) is 0 Å². The fourth-order valence-corrected chi connectivity index (χ4v) is 6.87. The molecule has 230 valence electrons. The molecule has 1 heteroatoms. The molecule has 0 bridgehead atoms. The molecule has 0 atom stereocenters. The molecular formula is C45H45N. The van der Waals surface area contributed by atoms with E-state index < -0.39 is 0 Å². The Morgan fingerprint density at radius 2 is 0.630 bits per heavy atom. The van der Waals surface area contributed by atoms with Crippen LogP contribution in [0.5, 0.6) is 0 Å². The standard InChI is InChI=1S/C45H45N/c1-7-34-28-43(31(4)25-40(34)37-19-13-10-14-20-37)46(44-29-35(8-2)41(26-32(44)5)38-21-15-11-16-22-38)45-30-36(9-3)42(27-33(45)6)39-23-17-12-18-24-39/h10-30H,7-9H2,1-6H3. The molecule has 46 heavy (non-hydrogen) atoms. The van der Waals surface area contributed by atoms with Gasteiger partial charge in [-0.05, 0) is 143 Å². The van der Waals surface area contributed by atoms with E-state index in [1.54, 1.807) is 0 Å². The molecule has 0 radical (unpaired) electrons. The van der Waals surface area contributed by atoms with E-state index in [4.69, 9.17) is 0 Å². The van der Waals surface area contributed by atoms with Crippen molar-refractivity contribution in [2.45, 2.75) is 60.8 Å². The molecule has 0 amide bonds. The fraction of sp³-hybridized carbons (Fsp3) is 0.200. The van der Waals surface area contributed by atoms with Crippen LogP contribution in [0.2, 0.25) is 0 Å². The summed E-state index contributed by atoms with van der Waals surface area (Å²) in [5.41, 5.74) is 19.4. The molecule has 0 aliphatic rings. The van der Waals surface area contributed by atoms with Crippen molar-refractivity contribution in [3.05, 3.63) is 161 Å². The molecule has 0 aliphatic carbocycles. The molecule has 6 rings (SSSR count). The van der Waals surface area contributed by atoms with Crippen molar-refractivity contribution in [2.24, 2.45) is 0 Å². The number of rotatable bonds is 9. The van der Waals surface area contributed by atoms with Crippen molar-refractivity contribution >= 4 is 17.1 Å². The van der Waals surface area contributed by atoms with E-state index in [1.807, 2.05) is 0 Å². The molecule has 0 fully saturated rings. The molecule has 0 heterocycles. The Bertz CT molecular complexity index is 1720. The predicted molar refractivity (Wildman–Crippen MR) is 200 cm³/mol. The lowest BCUT2D eigenvalue weighted by Gasteiger charge is -2.32. The highest BCUT2D eigenvalue weighted by atomic mass is 15.1. The second-order valence-electron chi connectivity index (χ2n) is 12.4. The second-order valence-corrected chi connectivity index (χ2v) is 12.4. The van der Waals surface area contributed by atoms with Gasteiger partial charge < -0.3 is 4.90 Å². The van der Waals surface area contributed by atoms with E-state index in [1.165, 1.54) is 83.8 Å². The van der Waals surface area contributed by atoms with Crippen LogP contribution in [-0.2, 0) is 19.3 Å². The van der Waals surface area contributed by atoms with Crippen LogP contribution in [-0.4, -0.2) is 0 Å². The number of nitrogens with zero attached hydrogens (tertiary/aromatic N) is 1. The van der Waals surface area contributed by atoms with Gasteiger partial charge in [0.15, 0.2) is 0 Å². The van der Waals surface area contributed by atoms with E-state index in [9.17, 15) is 0 Å². The summed E-state index contributed by atoms with van der Waals surface area (Å²) in [5.74, 6) is 0. The minimum absolute atomic E-state index is 0.962. The van der Waals surface area contributed by atoms with Gasteiger partial charge in [-0.25, -0.2) is 0 Å². The van der Waals surface area contributed by atoms with E-state index in [0.717, 1.165) is 19.3 Å². The SMILES string of the molecule is CCc1cc(N(c2cc(CC)c(-c3ccccc3)cc2C)c2cc(CC)c(-c3ccccc3)cc2C)c(C)cc1-c1ccccc1. The van der Waals surface area contributed by atoms with E-state index in [0.29, 0.717) is 0 Å². The van der Waals surface area contributed by atoms with Crippen LogP contribution in [0.4, 0.5) is 17.1 Å². The highest BCUT2D eigenvalue weighted by Gasteiger charge is 2.23. The zero-order valence-electron chi connectivity index (χ0n) is 28.2. The molecule has 1 nitrogen and oxygen atoms in total. The van der Waals surface area contributed by atoms with Gasteiger partial charge in [-0.15, -0.1) is 0 Å². The Labute approximate surface area is 276 Å². The number of hydrogen-bond acceptors (Lipinski definition) is 1. The van der Waals surface area contributed by atoms with Gasteiger partial charge >= 0.3 is 0 Å². The minimum Gasteiger partial charge on any atom is -0.310 e. The zero-order valence-corrected chi connectivity index (χ0v) is 28.2. The maximum atomic E-state index is 2.55. The van der Waals surface area contributed by atoms with Crippen LogP contribution in [0.1, 0.15) is 54.2 Å². The normalized spacial score (nSPS) is 11.1. The maximum absolute atomic E-state index is 2.55. The van der Waals surface area contributed by atoms with Crippen LogP contribution in [0.25, 0.3) is 33.4 Å². The molecule has 0 spiro atoms. The maximum Gasteiger partial charge on any atom is 0.0494 e. The third-order valence-electron chi connectivity index (χ3n) is 9.39. The first-order valence-electron chi connectivity index (χ1n) is 16.8. The van der Waals surface area contributed by atoms with Gasteiger partial charge in [-0.1, -0.05) is 112 Å². The molecule has 0 N–H and O–H groups in total. The third kappa shape index (κ3) is 6.03. The third-order valence-corrected chi connectivity index (χ3v) is 9.39. The van der Waals surface area contributed by atoms with Crippen molar-refractivity contribution < 1.29 is 0 Å². The summed E-state index contributed by atoms with van der Waals surface area (Å²) < 4.78 is 0. The first kappa shape index (κ1) is 31.1. The molecule has 0 unspecified atom stereocenters. The number of aryl methyl sites for hydroxylation is 6. The van der Waals surface area contributed by atoms with Crippen LogP contribution < -0.4 is 4.90 Å². The Morgan fingerprint density at radius 1 is 0.370 bits per heavy atom. The van der Waals surface area contributed by atoms with Gasteiger partial charge in [-0.3, -0.25) is 0 Å². The highest BCUT2D eigenvalue weighted by Crippen LogP contribution is 2.45. The Morgan fingerprint density at radius 3 is 0.870 bits per heavy atom. The topological polar surface area (TPSA) is 3.24 Å². The van der Waals surface area contributed by atoms with Gasteiger partial charge in [0, 0.05) is 17.1 Å². The monoisotopic (exact) mass is 599 g/mol. The summed E-state index contributed by atoms with van der Waals surface area (Å²) in [6.45, 7) is 13.6. The fourth-order valence-electron chi connectivity index (χ4n) is 6.87. The van der Waals surface area contributed by atoms with E-state index in [2.05, 4.69) is 174 Å². The zero-order chi connectivity index (χ0) is 32.2. The van der Waals surface area contributed by atoms with Crippen molar-refractivity contribution in [1.82, 2.24) is 0 Å². The smallest absolute Gasteiger partial charge is 0.0494 e. The van der Waals surface area contributed by atoms with Crippen molar-refractivity contribution in [3.8, 4) is 33.4 Å². The summed E-state index contributed by atoms with van der Waals surface area (Å²) in [7, 11) is 0. The average Bonchev–Trinajstić information content (AvgIpc) is 3.10. The molecular weight excluding hydrogens is 555 g/mol. The molecule has 6 aromatic rings.